The number of rotatable bonds is 4. The molecule has 1 atom stereocenters. The molecule has 0 spiro atoms. The molecule has 0 radical (unpaired) electrons. The first-order valence-electron chi connectivity index (χ1n) is 7.64. The maximum absolute atomic E-state index is 11.6. The first-order valence-corrected chi connectivity index (χ1v) is 8.46. The fourth-order valence-electron chi connectivity index (χ4n) is 2.66. The molecule has 1 saturated heterocycles. The highest BCUT2D eigenvalue weighted by molar-refractivity contribution is 7.14. The number of aromatic carboxylic acids is 1. The Balaban J connectivity index is 1.88. The van der Waals surface area contributed by atoms with Crippen molar-refractivity contribution >= 4 is 23.2 Å². The number of carbonyl (C=O) groups is 2. The number of thiazole rings is 1. The zero-order valence-electron chi connectivity index (χ0n) is 13.5. The van der Waals surface area contributed by atoms with Gasteiger partial charge in [-0.1, -0.05) is 0 Å². The van der Waals surface area contributed by atoms with Gasteiger partial charge in [0.1, 0.15) is 16.9 Å². The smallest absolute Gasteiger partial charge is 0.335 e. The maximum Gasteiger partial charge on any atom is 0.335 e. The molecule has 2 aromatic rings. The summed E-state index contributed by atoms with van der Waals surface area (Å²) in [5.74, 6) is -0.412. The molecule has 0 bridgehead atoms. The summed E-state index contributed by atoms with van der Waals surface area (Å²) in [6, 6.07) is 4.92. The van der Waals surface area contributed by atoms with E-state index in [0.717, 1.165) is 15.4 Å². The van der Waals surface area contributed by atoms with E-state index < -0.39 is 5.97 Å². The van der Waals surface area contributed by atoms with E-state index in [2.05, 4.69) is 4.98 Å². The molecule has 1 aromatic heterocycles. The summed E-state index contributed by atoms with van der Waals surface area (Å²) in [5, 5.41) is 10.1. The van der Waals surface area contributed by atoms with Gasteiger partial charge in [0.2, 0.25) is 5.91 Å². The van der Waals surface area contributed by atoms with Crippen LogP contribution in [-0.4, -0.2) is 46.6 Å². The Labute approximate surface area is 143 Å². The van der Waals surface area contributed by atoms with E-state index in [0.29, 0.717) is 25.1 Å². The number of aromatic nitrogens is 1. The fourth-order valence-corrected chi connectivity index (χ4v) is 3.42. The largest absolute Gasteiger partial charge is 0.489 e. The molecular weight excluding hydrogens is 328 g/mol. The minimum absolute atomic E-state index is 0.105. The van der Waals surface area contributed by atoms with Crippen molar-refractivity contribution in [2.45, 2.75) is 25.9 Å². The van der Waals surface area contributed by atoms with Crippen LogP contribution >= 0.6 is 11.3 Å². The predicted molar refractivity (Wildman–Crippen MR) is 90.5 cm³/mol. The lowest BCUT2D eigenvalue weighted by Crippen LogP contribution is -2.42. The number of aryl methyl sites for hydroxylation is 1. The van der Waals surface area contributed by atoms with E-state index >= 15 is 0 Å². The molecular formula is C17H18N2O4S. The Morgan fingerprint density at radius 2 is 2.21 bits per heavy atom. The van der Waals surface area contributed by atoms with Crippen LogP contribution in [0.1, 0.15) is 28.1 Å². The third-order valence-electron chi connectivity index (χ3n) is 3.91. The molecule has 0 saturated carbocycles. The van der Waals surface area contributed by atoms with Crippen LogP contribution in [0.3, 0.4) is 0 Å². The van der Waals surface area contributed by atoms with Crippen molar-refractivity contribution in [3.05, 3.63) is 34.8 Å². The summed E-state index contributed by atoms with van der Waals surface area (Å²) in [6.07, 6.45) is 2.70. The summed E-state index contributed by atoms with van der Waals surface area (Å²) in [7, 11) is 1.75. The number of likely N-dealkylation sites (N-methyl/N-ethyl adjacent to an activating group) is 1. The number of hydrogen-bond donors (Lipinski definition) is 1. The van der Waals surface area contributed by atoms with Gasteiger partial charge in [-0.2, -0.15) is 0 Å². The van der Waals surface area contributed by atoms with Crippen molar-refractivity contribution in [1.29, 1.82) is 0 Å². The second kappa shape index (κ2) is 6.60. The molecule has 2 heterocycles. The van der Waals surface area contributed by atoms with Gasteiger partial charge in [0.15, 0.2) is 0 Å². The number of carboxylic acids is 1. The lowest BCUT2D eigenvalue weighted by Gasteiger charge is -2.30. The van der Waals surface area contributed by atoms with Crippen molar-refractivity contribution in [3.8, 4) is 16.3 Å². The third-order valence-corrected chi connectivity index (χ3v) is 4.87. The van der Waals surface area contributed by atoms with Crippen LogP contribution in [0.15, 0.2) is 24.4 Å². The van der Waals surface area contributed by atoms with Gasteiger partial charge in [0.25, 0.3) is 0 Å². The summed E-state index contributed by atoms with van der Waals surface area (Å²) >= 11 is 1.50. The maximum atomic E-state index is 11.6. The molecule has 1 amide bonds. The van der Waals surface area contributed by atoms with Crippen molar-refractivity contribution in [1.82, 2.24) is 9.88 Å². The number of nitrogens with zero attached hydrogens (tertiary/aromatic N) is 2. The number of ether oxygens (including phenoxy) is 1. The van der Waals surface area contributed by atoms with Crippen molar-refractivity contribution in [2.75, 3.05) is 13.6 Å². The summed E-state index contributed by atoms with van der Waals surface area (Å²) in [6.45, 7) is 2.45. The van der Waals surface area contributed by atoms with Crippen molar-refractivity contribution in [2.24, 2.45) is 0 Å². The Morgan fingerprint density at radius 3 is 2.83 bits per heavy atom. The standard InChI is InChI=1S/C17H18N2O4S/c1-10-8-18-16(24-10)11-5-12(17(21)22)7-14(6-11)23-13-3-4-15(20)19(2)9-13/h5-8,13H,3-4,9H2,1-2H3,(H,21,22). The lowest BCUT2D eigenvalue weighted by molar-refractivity contribution is -0.134. The van der Waals surface area contributed by atoms with Gasteiger partial charge in [0, 0.05) is 30.1 Å². The number of benzene rings is 1. The molecule has 1 unspecified atom stereocenters. The highest BCUT2D eigenvalue weighted by Gasteiger charge is 2.24. The van der Waals surface area contributed by atoms with Gasteiger partial charge < -0.3 is 14.7 Å². The van der Waals surface area contributed by atoms with Gasteiger partial charge in [-0.15, -0.1) is 11.3 Å². The first-order chi connectivity index (χ1) is 11.4. The molecule has 126 valence electrons. The monoisotopic (exact) mass is 346 g/mol. The lowest BCUT2D eigenvalue weighted by atomic mass is 10.1. The van der Waals surface area contributed by atoms with E-state index in [1.807, 2.05) is 6.92 Å². The van der Waals surface area contributed by atoms with E-state index in [1.54, 1.807) is 30.3 Å². The Bertz CT molecular complexity index is 787. The number of likely N-dealkylation sites (tertiary alicyclic amines) is 1. The number of carboxylic acid groups (broad SMARTS) is 1. The minimum Gasteiger partial charge on any atom is -0.489 e. The molecule has 1 aliphatic rings. The number of carbonyl (C=O) groups excluding carboxylic acids is 1. The van der Waals surface area contributed by atoms with E-state index in [-0.39, 0.29) is 17.6 Å². The van der Waals surface area contributed by atoms with Gasteiger partial charge in [-0.3, -0.25) is 4.79 Å². The number of piperidine rings is 1. The van der Waals surface area contributed by atoms with Gasteiger partial charge >= 0.3 is 5.97 Å². The molecule has 0 aliphatic carbocycles. The normalized spacial score (nSPS) is 17.8. The van der Waals surface area contributed by atoms with Crippen LogP contribution in [0.25, 0.3) is 10.6 Å². The van der Waals surface area contributed by atoms with Crippen molar-refractivity contribution in [3.63, 3.8) is 0 Å². The molecule has 24 heavy (non-hydrogen) atoms. The molecule has 6 nitrogen and oxygen atoms in total. The summed E-state index contributed by atoms with van der Waals surface area (Å²) in [4.78, 5) is 30.0. The number of hydrogen-bond acceptors (Lipinski definition) is 5. The minimum atomic E-state index is -1.01. The van der Waals surface area contributed by atoms with Crippen LogP contribution < -0.4 is 4.74 Å². The molecule has 1 fully saturated rings. The topological polar surface area (TPSA) is 79.7 Å². The second-order valence-corrected chi connectivity index (χ2v) is 7.11. The highest BCUT2D eigenvalue weighted by atomic mass is 32.1. The van der Waals surface area contributed by atoms with Crippen molar-refractivity contribution < 1.29 is 19.4 Å². The Hall–Kier alpha value is -2.41. The van der Waals surface area contributed by atoms with E-state index in [9.17, 15) is 14.7 Å². The van der Waals surface area contributed by atoms with Gasteiger partial charge in [-0.05, 0) is 31.5 Å². The average molecular weight is 346 g/mol. The zero-order valence-corrected chi connectivity index (χ0v) is 14.3. The molecule has 7 heteroatoms. The zero-order chi connectivity index (χ0) is 17.3. The summed E-state index contributed by atoms with van der Waals surface area (Å²) in [5.41, 5.74) is 0.888. The highest BCUT2D eigenvalue weighted by Crippen LogP contribution is 2.30. The van der Waals surface area contributed by atoms with Crippen LogP contribution in [0.2, 0.25) is 0 Å². The van der Waals surface area contributed by atoms with Crippen LogP contribution in [-0.2, 0) is 4.79 Å². The Kier molecular flexibility index (Phi) is 4.53. The van der Waals surface area contributed by atoms with E-state index in [1.165, 1.54) is 17.4 Å². The van der Waals surface area contributed by atoms with Crippen LogP contribution in [0.5, 0.6) is 5.75 Å². The number of amides is 1. The molecule has 1 aliphatic heterocycles. The fraction of sp³-hybridized carbons (Fsp3) is 0.353. The van der Waals surface area contributed by atoms with Gasteiger partial charge in [-0.25, -0.2) is 9.78 Å². The average Bonchev–Trinajstić information content (AvgIpc) is 2.97. The quantitative estimate of drug-likeness (QED) is 0.921. The molecule has 1 N–H and O–H groups in total. The van der Waals surface area contributed by atoms with Crippen LogP contribution in [0.4, 0.5) is 0 Å². The molecule has 3 rings (SSSR count). The third kappa shape index (κ3) is 3.56. The summed E-state index contributed by atoms with van der Waals surface area (Å²) < 4.78 is 5.95. The first kappa shape index (κ1) is 16.4. The van der Waals surface area contributed by atoms with Crippen LogP contribution in [0, 0.1) is 6.92 Å². The predicted octanol–water partition coefficient (Wildman–Crippen LogP) is 2.82. The molecule has 1 aromatic carbocycles. The second-order valence-electron chi connectivity index (χ2n) is 5.88. The van der Waals surface area contributed by atoms with Gasteiger partial charge in [0.05, 0.1) is 12.1 Å². The Morgan fingerprint density at radius 1 is 1.42 bits per heavy atom. The SMILES string of the molecule is Cc1cnc(-c2cc(OC3CCC(=O)N(C)C3)cc(C(=O)O)c2)s1. The van der Waals surface area contributed by atoms with E-state index in [4.69, 9.17) is 4.74 Å².